The molecule has 1 N–H and O–H groups in total. The van der Waals surface area contributed by atoms with Gasteiger partial charge in [0, 0.05) is 5.56 Å². The molecule has 1 aromatic heterocycles. The van der Waals surface area contributed by atoms with Gasteiger partial charge >= 0.3 is 5.97 Å². The fourth-order valence-corrected chi connectivity index (χ4v) is 3.65. The predicted octanol–water partition coefficient (Wildman–Crippen LogP) is 5.30. The summed E-state index contributed by atoms with van der Waals surface area (Å²) < 4.78 is 25.1. The van der Waals surface area contributed by atoms with Crippen LogP contribution in [0.1, 0.15) is 29.8 Å². The first-order valence-electron chi connectivity index (χ1n) is 11.0. The Morgan fingerprint density at radius 2 is 1.66 bits per heavy atom. The summed E-state index contributed by atoms with van der Waals surface area (Å²) in [5.41, 5.74) is 3.32. The van der Waals surface area contributed by atoms with E-state index in [0.717, 1.165) is 5.56 Å². The predicted molar refractivity (Wildman–Crippen MR) is 133 cm³/mol. The van der Waals surface area contributed by atoms with E-state index in [2.05, 4.69) is 10.1 Å². The van der Waals surface area contributed by atoms with Crippen LogP contribution in [-0.4, -0.2) is 35.2 Å². The van der Waals surface area contributed by atoms with Crippen molar-refractivity contribution in [1.29, 1.82) is 0 Å². The Hall–Kier alpha value is -4.46. The first-order valence-corrected chi connectivity index (χ1v) is 11.0. The van der Waals surface area contributed by atoms with Crippen LogP contribution in [0.4, 0.5) is 10.1 Å². The summed E-state index contributed by atoms with van der Waals surface area (Å²) >= 11 is 0. The van der Waals surface area contributed by atoms with Crippen LogP contribution in [0.3, 0.4) is 0 Å². The average Bonchev–Trinajstić information content (AvgIpc) is 3.22. The molecule has 0 aliphatic heterocycles. The Morgan fingerprint density at radius 1 is 1.00 bits per heavy atom. The number of benzene rings is 3. The number of halogens is 1. The molecule has 0 aliphatic carbocycles. The van der Waals surface area contributed by atoms with Crippen molar-refractivity contribution in [3.63, 3.8) is 0 Å². The molecule has 0 saturated carbocycles. The summed E-state index contributed by atoms with van der Waals surface area (Å²) in [5.74, 6) is -0.120. The SMILES string of the molecule is CCOC(=O)c1ccc(N=C(C)c2c(-c3ccc(OC)cc3)[nH]n(-c3ccc(F)cc3)c2=O)cc1. The van der Waals surface area contributed by atoms with E-state index >= 15 is 0 Å². The molecule has 0 fully saturated rings. The van der Waals surface area contributed by atoms with Crippen LogP contribution in [0.5, 0.6) is 5.75 Å². The molecular formula is C27H24FN3O4. The van der Waals surface area contributed by atoms with Crippen molar-refractivity contribution in [2.45, 2.75) is 13.8 Å². The third kappa shape index (κ3) is 5.06. The minimum atomic E-state index is -0.408. The van der Waals surface area contributed by atoms with E-state index in [1.54, 1.807) is 57.4 Å². The number of nitrogens with zero attached hydrogens (tertiary/aromatic N) is 2. The van der Waals surface area contributed by atoms with Gasteiger partial charge in [0.1, 0.15) is 11.6 Å². The van der Waals surface area contributed by atoms with Gasteiger partial charge in [0.2, 0.25) is 0 Å². The summed E-state index contributed by atoms with van der Waals surface area (Å²) in [6.07, 6.45) is 0. The Bertz CT molecular complexity index is 1420. The number of esters is 1. The Morgan fingerprint density at radius 3 is 2.26 bits per heavy atom. The standard InChI is InChI=1S/C27H24FN3O4/c1-4-35-27(33)19-5-11-21(12-6-19)29-17(2)24-25(18-7-15-23(34-3)16-8-18)30-31(26(24)32)22-13-9-20(28)10-14-22/h5-16,30H,4H2,1-3H3. The average molecular weight is 474 g/mol. The minimum Gasteiger partial charge on any atom is -0.497 e. The van der Waals surface area contributed by atoms with Crippen molar-refractivity contribution in [3.8, 4) is 22.7 Å². The van der Waals surface area contributed by atoms with E-state index in [0.29, 0.717) is 46.3 Å². The number of hydrogen-bond acceptors (Lipinski definition) is 5. The van der Waals surface area contributed by atoms with E-state index in [-0.39, 0.29) is 5.56 Å². The molecule has 0 bridgehead atoms. The van der Waals surface area contributed by atoms with Crippen molar-refractivity contribution in [3.05, 3.63) is 100 Å². The molecule has 0 saturated heterocycles. The number of methoxy groups -OCH3 is 1. The van der Waals surface area contributed by atoms with E-state index in [4.69, 9.17) is 9.47 Å². The van der Waals surface area contributed by atoms with Crippen LogP contribution >= 0.6 is 0 Å². The fraction of sp³-hybridized carbons (Fsp3) is 0.148. The molecule has 7 nitrogen and oxygen atoms in total. The lowest BCUT2D eigenvalue weighted by Crippen LogP contribution is -2.19. The van der Waals surface area contributed by atoms with Gasteiger partial charge in [-0.1, -0.05) is 0 Å². The quantitative estimate of drug-likeness (QED) is 0.292. The number of rotatable bonds is 7. The normalized spacial score (nSPS) is 11.4. The summed E-state index contributed by atoms with van der Waals surface area (Å²) in [7, 11) is 1.58. The number of hydrogen-bond donors (Lipinski definition) is 1. The second-order valence-electron chi connectivity index (χ2n) is 7.67. The molecule has 0 unspecified atom stereocenters. The van der Waals surface area contributed by atoms with Crippen molar-refractivity contribution in [2.24, 2.45) is 4.99 Å². The van der Waals surface area contributed by atoms with Crippen LogP contribution in [0.2, 0.25) is 0 Å². The molecule has 35 heavy (non-hydrogen) atoms. The van der Waals surface area contributed by atoms with Crippen LogP contribution in [-0.2, 0) is 4.74 Å². The van der Waals surface area contributed by atoms with Crippen LogP contribution in [0.25, 0.3) is 16.9 Å². The molecule has 3 aromatic carbocycles. The van der Waals surface area contributed by atoms with Gasteiger partial charge in [-0.25, -0.2) is 13.9 Å². The lowest BCUT2D eigenvalue weighted by molar-refractivity contribution is 0.0526. The van der Waals surface area contributed by atoms with Gasteiger partial charge in [0.15, 0.2) is 0 Å². The number of H-pyrrole nitrogens is 1. The first kappa shape index (κ1) is 23.7. The second kappa shape index (κ2) is 10.2. The Labute approximate surface area is 201 Å². The lowest BCUT2D eigenvalue weighted by atomic mass is 10.0. The molecule has 0 spiro atoms. The number of carbonyl (C=O) groups excluding carboxylic acids is 1. The summed E-state index contributed by atoms with van der Waals surface area (Å²) in [5, 5.41) is 3.14. The maximum atomic E-state index is 13.5. The maximum absolute atomic E-state index is 13.5. The largest absolute Gasteiger partial charge is 0.497 e. The zero-order valence-corrected chi connectivity index (χ0v) is 19.5. The number of aromatic nitrogens is 2. The summed E-state index contributed by atoms with van der Waals surface area (Å²) in [6.45, 7) is 3.78. The third-order valence-electron chi connectivity index (χ3n) is 5.39. The topological polar surface area (TPSA) is 85.7 Å². The molecule has 0 radical (unpaired) electrons. The van der Waals surface area contributed by atoms with E-state index in [9.17, 15) is 14.0 Å². The molecular weight excluding hydrogens is 449 g/mol. The number of aliphatic imine (C=N–C) groups is 1. The summed E-state index contributed by atoms with van der Waals surface area (Å²) in [6, 6.07) is 19.5. The van der Waals surface area contributed by atoms with Crippen LogP contribution < -0.4 is 10.3 Å². The number of nitrogens with one attached hydrogen (secondary N) is 1. The van der Waals surface area contributed by atoms with E-state index in [1.165, 1.54) is 28.9 Å². The molecule has 0 aliphatic rings. The number of ether oxygens (including phenoxy) is 2. The minimum absolute atomic E-state index is 0.291. The van der Waals surface area contributed by atoms with Crippen LogP contribution in [0, 0.1) is 5.82 Å². The molecule has 4 aromatic rings. The van der Waals surface area contributed by atoms with Gasteiger partial charge in [0.25, 0.3) is 5.56 Å². The number of aromatic amines is 1. The molecule has 0 amide bonds. The van der Waals surface area contributed by atoms with Gasteiger partial charge in [-0.15, -0.1) is 0 Å². The molecule has 8 heteroatoms. The third-order valence-corrected chi connectivity index (χ3v) is 5.39. The maximum Gasteiger partial charge on any atom is 0.338 e. The van der Waals surface area contributed by atoms with Crippen molar-refractivity contribution < 1.29 is 18.7 Å². The van der Waals surface area contributed by atoms with Gasteiger partial charge in [-0.3, -0.25) is 14.9 Å². The highest BCUT2D eigenvalue weighted by Crippen LogP contribution is 2.25. The van der Waals surface area contributed by atoms with Crippen molar-refractivity contribution in [1.82, 2.24) is 9.78 Å². The smallest absolute Gasteiger partial charge is 0.338 e. The van der Waals surface area contributed by atoms with E-state index in [1.807, 2.05) is 12.1 Å². The Kier molecular flexibility index (Phi) is 6.91. The summed E-state index contributed by atoms with van der Waals surface area (Å²) in [4.78, 5) is 30.0. The van der Waals surface area contributed by atoms with Gasteiger partial charge < -0.3 is 9.47 Å². The second-order valence-corrected chi connectivity index (χ2v) is 7.67. The van der Waals surface area contributed by atoms with Gasteiger partial charge in [-0.2, -0.15) is 0 Å². The Balaban J connectivity index is 1.80. The van der Waals surface area contributed by atoms with Crippen molar-refractivity contribution in [2.75, 3.05) is 13.7 Å². The highest BCUT2D eigenvalue weighted by Gasteiger charge is 2.20. The highest BCUT2D eigenvalue weighted by molar-refractivity contribution is 6.05. The zero-order valence-electron chi connectivity index (χ0n) is 19.5. The highest BCUT2D eigenvalue weighted by atomic mass is 19.1. The fourth-order valence-electron chi connectivity index (χ4n) is 3.65. The molecule has 178 valence electrons. The molecule has 4 rings (SSSR count). The first-order chi connectivity index (χ1) is 16.9. The monoisotopic (exact) mass is 473 g/mol. The number of carbonyl (C=O) groups is 1. The lowest BCUT2D eigenvalue weighted by Gasteiger charge is -2.05. The molecule has 1 heterocycles. The molecule has 0 atom stereocenters. The van der Waals surface area contributed by atoms with E-state index < -0.39 is 11.8 Å². The van der Waals surface area contributed by atoms with Gasteiger partial charge in [-0.05, 0) is 86.6 Å². The van der Waals surface area contributed by atoms with Crippen molar-refractivity contribution >= 4 is 17.4 Å². The van der Waals surface area contributed by atoms with Gasteiger partial charge in [0.05, 0.1) is 47.6 Å². The zero-order chi connectivity index (χ0) is 24.9. The van der Waals surface area contributed by atoms with Crippen LogP contribution in [0.15, 0.2) is 82.6 Å².